The molecule has 0 aromatic carbocycles. The molecule has 1 aliphatic rings. The summed E-state index contributed by atoms with van der Waals surface area (Å²) in [7, 11) is 0. The van der Waals surface area contributed by atoms with Gasteiger partial charge in [-0.2, -0.15) is 5.10 Å². The molecule has 0 aliphatic carbocycles. The van der Waals surface area contributed by atoms with E-state index in [2.05, 4.69) is 25.5 Å². The first-order chi connectivity index (χ1) is 15.0. The van der Waals surface area contributed by atoms with Gasteiger partial charge in [-0.05, 0) is 6.92 Å². The number of carbonyl (C=O) groups is 1. The van der Waals surface area contributed by atoms with E-state index in [4.69, 9.17) is 16.3 Å². The maximum Gasteiger partial charge on any atom is 0.269 e. The molecule has 0 radical (unpaired) electrons. The average molecular weight is 452 g/mol. The Kier molecular flexibility index (Phi) is 8.15. The number of hydrogen-bond acceptors (Lipinski definition) is 9. The lowest BCUT2D eigenvalue weighted by molar-refractivity contribution is -0.132. The van der Waals surface area contributed by atoms with Crippen LogP contribution in [0.1, 0.15) is 12.0 Å². The van der Waals surface area contributed by atoms with Crippen LogP contribution < -0.4 is 15.8 Å². The zero-order valence-corrected chi connectivity index (χ0v) is 18.0. The lowest BCUT2D eigenvalue weighted by atomic mass is 10.2. The smallest absolute Gasteiger partial charge is 0.269 e. The summed E-state index contributed by atoms with van der Waals surface area (Å²) in [6.07, 6.45) is 4.85. The van der Waals surface area contributed by atoms with Crippen molar-refractivity contribution in [1.29, 1.82) is 0 Å². The molecule has 1 saturated heterocycles. The Morgan fingerprint density at radius 2 is 2.00 bits per heavy atom. The summed E-state index contributed by atoms with van der Waals surface area (Å²) in [6, 6.07) is -0.416. The van der Waals surface area contributed by atoms with Crippen molar-refractivity contribution in [3.8, 4) is 0 Å². The van der Waals surface area contributed by atoms with E-state index < -0.39 is 6.04 Å². The van der Waals surface area contributed by atoms with Crippen LogP contribution >= 0.6 is 11.6 Å². The Hall–Kier alpha value is -2.76. The number of hydrogen-bond donors (Lipinski definition) is 3. The first-order valence-electron chi connectivity index (χ1n) is 9.97. The van der Waals surface area contributed by atoms with Gasteiger partial charge in [-0.1, -0.05) is 11.6 Å². The standard InChI is InChI=1S/C19H26ClN7O4/c1-13-16(10-23-25-18(13)30)24-15(11-28)12-31-7-2-17(29)26-3-5-27(6-4-26)19-21-8-14(20)9-22-19/h8-10,15,28H,2-7,11-12H2,1H3,(H2,24,25,30)/t15-/m0/s1. The molecule has 3 N–H and O–H groups in total. The summed E-state index contributed by atoms with van der Waals surface area (Å²) in [5.41, 5.74) is 0.715. The number of aliphatic hydroxyl groups is 1. The number of ether oxygens (including phenoxy) is 1. The molecule has 0 unspecified atom stereocenters. The van der Waals surface area contributed by atoms with Crippen molar-refractivity contribution < 1.29 is 14.6 Å². The second-order valence-electron chi connectivity index (χ2n) is 7.16. The SMILES string of the molecule is Cc1c(N[C@@H](CO)COCCC(=O)N2CCN(c3ncc(Cl)cn3)CC2)cn[nH]c1=O. The van der Waals surface area contributed by atoms with Gasteiger partial charge in [-0.15, -0.1) is 0 Å². The number of halogens is 1. The molecule has 31 heavy (non-hydrogen) atoms. The molecular formula is C19H26ClN7O4. The third kappa shape index (κ3) is 6.36. The Bertz CT molecular complexity index is 916. The summed E-state index contributed by atoms with van der Waals surface area (Å²) in [5, 5.41) is 19.2. The number of amides is 1. The number of aliphatic hydroxyl groups excluding tert-OH is 1. The van der Waals surface area contributed by atoms with Gasteiger partial charge in [0.05, 0.1) is 61.6 Å². The summed E-state index contributed by atoms with van der Waals surface area (Å²) in [6.45, 7) is 4.37. The van der Waals surface area contributed by atoms with E-state index >= 15 is 0 Å². The van der Waals surface area contributed by atoms with Crippen LogP contribution in [-0.4, -0.2) is 88.1 Å². The number of rotatable bonds is 9. The van der Waals surface area contributed by atoms with Crippen LogP contribution in [0.5, 0.6) is 0 Å². The fraction of sp³-hybridized carbons (Fsp3) is 0.526. The highest BCUT2D eigenvalue weighted by Crippen LogP contribution is 2.13. The highest BCUT2D eigenvalue weighted by Gasteiger charge is 2.22. The zero-order chi connectivity index (χ0) is 22.2. The van der Waals surface area contributed by atoms with E-state index in [0.717, 1.165) is 0 Å². The third-order valence-corrected chi connectivity index (χ3v) is 5.18. The van der Waals surface area contributed by atoms with E-state index in [0.29, 0.717) is 48.4 Å². The first-order valence-corrected chi connectivity index (χ1v) is 10.4. The number of anilines is 2. The average Bonchev–Trinajstić information content (AvgIpc) is 2.79. The van der Waals surface area contributed by atoms with E-state index in [1.807, 2.05) is 4.90 Å². The topological polar surface area (TPSA) is 137 Å². The van der Waals surface area contributed by atoms with Crippen molar-refractivity contribution in [3.63, 3.8) is 0 Å². The number of piperazine rings is 1. The Morgan fingerprint density at radius 3 is 2.68 bits per heavy atom. The molecular weight excluding hydrogens is 426 g/mol. The molecule has 1 fully saturated rings. The molecule has 0 spiro atoms. The van der Waals surface area contributed by atoms with Gasteiger partial charge < -0.3 is 25.0 Å². The number of H-pyrrole nitrogens is 1. The number of aromatic amines is 1. The van der Waals surface area contributed by atoms with Gasteiger partial charge >= 0.3 is 0 Å². The predicted molar refractivity (Wildman–Crippen MR) is 115 cm³/mol. The number of nitrogens with one attached hydrogen (secondary N) is 2. The lowest BCUT2D eigenvalue weighted by Gasteiger charge is -2.34. The minimum absolute atomic E-state index is 0.0137. The molecule has 2 aromatic heterocycles. The van der Waals surface area contributed by atoms with Gasteiger partial charge in [0.25, 0.3) is 5.56 Å². The molecule has 1 atom stereocenters. The maximum absolute atomic E-state index is 12.4. The second kappa shape index (κ2) is 11.0. The van der Waals surface area contributed by atoms with Crippen LogP contribution in [0.25, 0.3) is 0 Å². The predicted octanol–water partition coefficient (Wildman–Crippen LogP) is 0.0500. The fourth-order valence-corrected chi connectivity index (χ4v) is 3.23. The molecule has 0 bridgehead atoms. The molecule has 2 aromatic rings. The molecule has 3 heterocycles. The molecule has 12 heteroatoms. The van der Waals surface area contributed by atoms with Crippen LogP contribution in [-0.2, 0) is 9.53 Å². The maximum atomic E-state index is 12.4. The minimum atomic E-state index is -0.416. The fourth-order valence-electron chi connectivity index (χ4n) is 3.13. The van der Waals surface area contributed by atoms with Crippen LogP contribution in [0.3, 0.4) is 0 Å². The highest BCUT2D eigenvalue weighted by molar-refractivity contribution is 6.30. The molecule has 3 rings (SSSR count). The van der Waals surface area contributed by atoms with Gasteiger partial charge in [0.2, 0.25) is 11.9 Å². The van der Waals surface area contributed by atoms with Crippen molar-refractivity contribution in [3.05, 3.63) is 39.5 Å². The Morgan fingerprint density at radius 1 is 1.29 bits per heavy atom. The van der Waals surface area contributed by atoms with Gasteiger partial charge in [0, 0.05) is 31.7 Å². The van der Waals surface area contributed by atoms with Crippen LogP contribution in [0.2, 0.25) is 5.02 Å². The van der Waals surface area contributed by atoms with Crippen molar-refractivity contribution >= 4 is 29.1 Å². The number of nitrogens with zero attached hydrogens (tertiary/aromatic N) is 5. The molecule has 1 amide bonds. The summed E-state index contributed by atoms with van der Waals surface area (Å²) >= 11 is 5.82. The lowest BCUT2D eigenvalue weighted by Crippen LogP contribution is -2.49. The highest BCUT2D eigenvalue weighted by atomic mass is 35.5. The summed E-state index contributed by atoms with van der Waals surface area (Å²) < 4.78 is 5.57. The van der Waals surface area contributed by atoms with Gasteiger partial charge in [-0.25, -0.2) is 15.1 Å². The third-order valence-electron chi connectivity index (χ3n) is 4.99. The quantitative estimate of drug-likeness (QED) is 0.451. The van der Waals surface area contributed by atoms with Gasteiger partial charge in [0.15, 0.2) is 0 Å². The molecule has 1 aliphatic heterocycles. The zero-order valence-electron chi connectivity index (χ0n) is 17.3. The van der Waals surface area contributed by atoms with Crippen LogP contribution in [0.15, 0.2) is 23.4 Å². The second-order valence-corrected chi connectivity index (χ2v) is 7.59. The molecule has 11 nitrogen and oxygen atoms in total. The van der Waals surface area contributed by atoms with Gasteiger partial charge in [-0.3, -0.25) is 9.59 Å². The monoisotopic (exact) mass is 451 g/mol. The van der Waals surface area contributed by atoms with E-state index in [1.54, 1.807) is 24.2 Å². The van der Waals surface area contributed by atoms with Crippen LogP contribution in [0.4, 0.5) is 11.6 Å². The van der Waals surface area contributed by atoms with E-state index in [1.165, 1.54) is 6.20 Å². The first kappa shape index (κ1) is 22.9. The number of aromatic nitrogens is 4. The van der Waals surface area contributed by atoms with Crippen molar-refractivity contribution in [2.45, 2.75) is 19.4 Å². The van der Waals surface area contributed by atoms with Gasteiger partial charge in [0.1, 0.15) is 0 Å². The van der Waals surface area contributed by atoms with Crippen molar-refractivity contribution in [1.82, 2.24) is 25.1 Å². The van der Waals surface area contributed by atoms with E-state index in [9.17, 15) is 14.7 Å². The Labute approximate surface area is 184 Å². The summed E-state index contributed by atoms with van der Waals surface area (Å²) in [4.78, 5) is 36.3. The number of carbonyl (C=O) groups excluding carboxylic acids is 1. The van der Waals surface area contributed by atoms with Crippen LogP contribution in [0, 0.1) is 6.92 Å². The molecule has 0 saturated carbocycles. The minimum Gasteiger partial charge on any atom is -0.394 e. The largest absolute Gasteiger partial charge is 0.394 e. The van der Waals surface area contributed by atoms with Crippen molar-refractivity contribution in [2.75, 3.05) is 56.2 Å². The Balaban J connectivity index is 1.37. The summed E-state index contributed by atoms with van der Waals surface area (Å²) in [5.74, 6) is 0.619. The van der Waals surface area contributed by atoms with Crippen molar-refractivity contribution in [2.24, 2.45) is 0 Å². The molecule has 168 valence electrons. The normalized spacial score (nSPS) is 15.1. The van der Waals surface area contributed by atoms with E-state index in [-0.39, 0.29) is 37.7 Å².